The first-order valence-electron chi connectivity index (χ1n) is 5.69. The van der Waals surface area contributed by atoms with Crippen LogP contribution in [-0.4, -0.2) is 41.1 Å². The van der Waals surface area contributed by atoms with Crippen molar-refractivity contribution in [3.63, 3.8) is 0 Å². The molecule has 0 spiro atoms. The summed E-state index contributed by atoms with van der Waals surface area (Å²) in [6.45, 7) is 7.00. The number of halogens is 1. The van der Waals surface area contributed by atoms with Crippen molar-refractivity contribution >= 4 is 18.3 Å². The highest BCUT2D eigenvalue weighted by Crippen LogP contribution is 2.21. The molecule has 1 aliphatic heterocycles. The van der Waals surface area contributed by atoms with Crippen LogP contribution in [0.25, 0.3) is 0 Å². The summed E-state index contributed by atoms with van der Waals surface area (Å²) in [6.07, 6.45) is 0.528. The largest absolute Gasteiger partial charge is 0.391 e. The SMILES string of the molecule is CCC1CN(C(=O)[C@@H](N)C(C)C)CC1O.Cl. The maximum absolute atomic E-state index is 11.9. The minimum Gasteiger partial charge on any atom is -0.391 e. The molecule has 16 heavy (non-hydrogen) atoms. The van der Waals surface area contributed by atoms with E-state index >= 15 is 0 Å². The van der Waals surface area contributed by atoms with Crippen LogP contribution in [0.5, 0.6) is 0 Å². The standard InChI is InChI=1S/C11H22N2O2.ClH/c1-4-8-5-13(6-9(8)14)11(15)10(12)7(2)3;/h7-10,14H,4-6,12H2,1-3H3;1H/t8?,9?,10-;/m0./s1. The number of β-amino-alcohol motifs (C(OH)–C–C–N with tert-alkyl or cyclic N) is 1. The van der Waals surface area contributed by atoms with E-state index in [4.69, 9.17) is 5.73 Å². The fourth-order valence-corrected chi connectivity index (χ4v) is 1.93. The van der Waals surface area contributed by atoms with Crippen LogP contribution in [0.4, 0.5) is 0 Å². The Kier molecular flexibility index (Phi) is 6.30. The third-order valence-electron chi connectivity index (χ3n) is 3.25. The molecule has 1 amide bonds. The van der Waals surface area contributed by atoms with Crippen molar-refractivity contribution in [3.05, 3.63) is 0 Å². The van der Waals surface area contributed by atoms with Gasteiger partial charge in [0.05, 0.1) is 12.1 Å². The van der Waals surface area contributed by atoms with Gasteiger partial charge >= 0.3 is 0 Å². The van der Waals surface area contributed by atoms with E-state index in [2.05, 4.69) is 0 Å². The lowest BCUT2D eigenvalue weighted by atomic mass is 10.0. The molecule has 4 nitrogen and oxygen atoms in total. The molecule has 3 atom stereocenters. The van der Waals surface area contributed by atoms with E-state index in [1.54, 1.807) is 4.90 Å². The zero-order valence-electron chi connectivity index (χ0n) is 10.2. The van der Waals surface area contributed by atoms with Gasteiger partial charge in [0.2, 0.25) is 5.91 Å². The number of hydrogen-bond acceptors (Lipinski definition) is 3. The second-order valence-corrected chi connectivity index (χ2v) is 4.75. The summed E-state index contributed by atoms with van der Waals surface area (Å²) in [5, 5.41) is 9.69. The summed E-state index contributed by atoms with van der Waals surface area (Å²) < 4.78 is 0. The molecular formula is C11H23ClN2O2. The zero-order valence-corrected chi connectivity index (χ0v) is 11.0. The van der Waals surface area contributed by atoms with E-state index in [1.165, 1.54) is 0 Å². The van der Waals surface area contributed by atoms with E-state index in [0.717, 1.165) is 6.42 Å². The summed E-state index contributed by atoms with van der Waals surface area (Å²) >= 11 is 0. The molecule has 0 radical (unpaired) electrons. The smallest absolute Gasteiger partial charge is 0.239 e. The lowest BCUT2D eigenvalue weighted by Gasteiger charge is -2.22. The third kappa shape index (κ3) is 3.34. The van der Waals surface area contributed by atoms with E-state index in [0.29, 0.717) is 13.1 Å². The quantitative estimate of drug-likeness (QED) is 0.772. The van der Waals surface area contributed by atoms with Crippen LogP contribution in [0.2, 0.25) is 0 Å². The van der Waals surface area contributed by atoms with E-state index in [-0.39, 0.29) is 36.3 Å². The van der Waals surface area contributed by atoms with Crippen molar-refractivity contribution in [2.75, 3.05) is 13.1 Å². The Bertz CT molecular complexity index is 236. The van der Waals surface area contributed by atoms with Gasteiger partial charge in [-0.3, -0.25) is 4.79 Å². The van der Waals surface area contributed by atoms with Crippen LogP contribution in [0.1, 0.15) is 27.2 Å². The van der Waals surface area contributed by atoms with Gasteiger partial charge in [-0.05, 0) is 12.3 Å². The van der Waals surface area contributed by atoms with Gasteiger partial charge in [0, 0.05) is 19.0 Å². The number of rotatable bonds is 3. The maximum atomic E-state index is 11.9. The van der Waals surface area contributed by atoms with Crippen LogP contribution < -0.4 is 5.73 Å². The van der Waals surface area contributed by atoms with E-state index < -0.39 is 6.04 Å². The molecule has 1 aliphatic rings. The molecule has 1 rings (SSSR count). The number of carbonyl (C=O) groups excluding carboxylic acids is 1. The summed E-state index contributed by atoms with van der Waals surface area (Å²) in [6, 6.07) is -0.437. The second kappa shape index (κ2) is 6.42. The van der Waals surface area contributed by atoms with Crippen LogP contribution in [0.15, 0.2) is 0 Å². The van der Waals surface area contributed by atoms with Crippen LogP contribution in [0, 0.1) is 11.8 Å². The van der Waals surface area contributed by atoms with Gasteiger partial charge < -0.3 is 15.7 Å². The number of hydrogen-bond donors (Lipinski definition) is 2. The van der Waals surface area contributed by atoms with Crippen molar-refractivity contribution < 1.29 is 9.90 Å². The Morgan fingerprint density at radius 2 is 2.06 bits per heavy atom. The fourth-order valence-electron chi connectivity index (χ4n) is 1.93. The van der Waals surface area contributed by atoms with Gasteiger partial charge in [-0.2, -0.15) is 0 Å². The Labute approximate surface area is 104 Å². The number of nitrogens with zero attached hydrogens (tertiary/aromatic N) is 1. The zero-order chi connectivity index (χ0) is 11.6. The molecule has 0 aromatic carbocycles. The highest BCUT2D eigenvalue weighted by molar-refractivity contribution is 5.85. The second-order valence-electron chi connectivity index (χ2n) is 4.75. The first kappa shape index (κ1) is 15.7. The summed E-state index contributed by atoms with van der Waals surface area (Å²) in [4.78, 5) is 13.6. The highest BCUT2D eigenvalue weighted by atomic mass is 35.5. The lowest BCUT2D eigenvalue weighted by molar-refractivity contribution is -0.132. The Morgan fingerprint density at radius 1 is 1.50 bits per heavy atom. The molecule has 3 N–H and O–H groups in total. The molecule has 0 saturated carbocycles. The molecule has 0 bridgehead atoms. The fraction of sp³-hybridized carbons (Fsp3) is 0.909. The highest BCUT2D eigenvalue weighted by Gasteiger charge is 2.35. The molecule has 0 aliphatic carbocycles. The van der Waals surface area contributed by atoms with Crippen molar-refractivity contribution in [2.24, 2.45) is 17.6 Å². The first-order chi connectivity index (χ1) is 6.97. The van der Waals surface area contributed by atoms with Crippen molar-refractivity contribution in [3.8, 4) is 0 Å². The van der Waals surface area contributed by atoms with Crippen LogP contribution in [-0.2, 0) is 4.79 Å². The monoisotopic (exact) mass is 250 g/mol. The molecular weight excluding hydrogens is 228 g/mol. The Hall–Kier alpha value is -0.320. The van der Waals surface area contributed by atoms with Crippen molar-refractivity contribution in [1.82, 2.24) is 4.90 Å². The summed E-state index contributed by atoms with van der Waals surface area (Å²) in [5.41, 5.74) is 5.80. The maximum Gasteiger partial charge on any atom is 0.239 e. The molecule has 2 unspecified atom stereocenters. The lowest BCUT2D eigenvalue weighted by Crippen LogP contribution is -2.45. The number of likely N-dealkylation sites (tertiary alicyclic amines) is 1. The van der Waals surface area contributed by atoms with Gasteiger partial charge in [0.1, 0.15) is 0 Å². The minimum atomic E-state index is -0.437. The summed E-state index contributed by atoms with van der Waals surface area (Å²) in [7, 11) is 0. The molecule has 1 saturated heterocycles. The van der Waals surface area contributed by atoms with Crippen LogP contribution >= 0.6 is 12.4 Å². The van der Waals surface area contributed by atoms with Gasteiger partial charge in [-0.1, -0.05) is 20.8 Å². The Balaban J connectivity index is 0.00000225. The van der Waals surface area contributed by atoms with E-state index in [1.807, 2.05) is 20.8 Å². The predicted octanol–water partition coefficient (Wildman–Crippen LogP) is 0.621. The van der Waals surface area contributed by atoms with E-state index in [9.17, 15) is 9.90 Å². The third-order valence-corrected chi connectivity index (χ3v) is 3.25. The predicted molar refractivity (Wildman–Crippen MR) is 66.4 cm³/mol. The summed E-state index contributed by atoms with van der Waals surface area (Å²) in [5.74, 6) is 0.337. The number of carbonyl (C=O) groups is 1. The van der Waals surface area contributed by atoms with Gasteiger partial charge in [-0.25, -0.2) is 0 Å². The first-order valence-corrected chi connectivity index (χ1v) is 5.69. The van der Waals surface area contributed by atoms with Gasteiger partial charge in [-0.15, -0.1) is 12.4 Å². The van der Waals surface area contributed by atoms with Gasteiger partial charge in [0.15, 0.2) is 0 Å². The average molecular weight is 251 g/mol. The molecule has 0 aromatic rings. The van der Waals surface area contributed by atoms with Crippen molar-refractivity contribution in [1.29, 1.82) is 0 Å². The molecule has 96 valence electrons. The molecule has 5 heteroatoms. The van der Waals surface area contributed by atoms with Crippen LogP contribution in [0.3, 0.4) is 0 Å². The molecule has 0 aromatic heterocycles. The Morgan fingerprint density at radius 3 is 2.44 bits per heavy atom. The van der Waals surface area contributed by atoms with Crippen molar-refractivity contribution in [2.45, 2.75) is 39.3 Å². The minimum absolute atomic E-state index is 0. The van der Waals surface area contributed by atoms with Gasteiger partial charge in [0.25, 0.3) is 0 Å². The number of amides is 1. The number of nitrogens with two attached hydrogens (primary N) is 1. The number of aliphatic hydroxyl groups excluding tert-OH is 1. The number of aliphatic hydroxyl groups is 1. The topological polar surface area (TPSA) is 66.6 Å². The molecule has 1 heterocycles. The average Bonchev–Trinajstić information content (AvgIpc) is 2.57. The normalized spacial score (nSPS) is 26.8. The molecule has 1 fully saturated rings.